The van der Waals surface area contributed by atoms with Gasteiger partial charge < -0.3 is 10.2 Å². The molecule has 8 nitrogen and oxygen atoms in total. The van der Waals surface area contributed by atoms with Gasteiger partial charge in [0.05, 0.1) is 17.5 Å². The van der Waals surface area contributed by atoms with Crippen LogP contribution < -0.4 is 5.32 Å². The molecule has 2 aromatic carbocycles. The predicted octanol–water partition coefficient (Wildman–Crippen LogP) is 3.80. The van der Waals surface area contributed by atoms with E-state index >= 15 is 0 Å². The third kappa shape index (κ3) is 5.41. The molecule has 0 aliphatic carbocycles. The Kier molecular flexibility index (Phi) is 7.70. The van der Waals surface area contributed by atoms with Crippen molar-refractivity contribution in [2.45, 2.75) is 49.7 Å². The number of amides is 2. The van der Waals surface area contributed by atoms with Crippen molar-refractivity contribution in [2.75, 3.05) is 13.1 Å². The highest BCUT2D eigenvalue weighted by Gasteiger charge is 2.54. The lowest BCUT2D eigenvalue weighted by Crippen LogP contribution is -2.53. The number of thiophene rings is 1. The van der Waals surface area contributed by atoms with E-state index in [0.29, 0.717) is 18.4 Å². The van der Waals surface area contributed by atoms with Crippen molar-refractivity contribution in [3.8, 4) is 10.4 Å². The van der Waals surface area contributed by atoms with E-state index in [1.54, 1.807) is 41.7 Å². The Morgan fingerprint density at radius 3 is 2.38 bits per heavy atom. The number of nitrogens with one attached hydrogen (secondary N) is 1. The number of ketones is 1. The predicted molar refractivity (Wildman–Crippen MR) is 150 cm³/mol. The fourth-order valence-corrected chi connectivity index (χ4v) is 7.81. The van der Waals surface area contributed by atoms with Crippen LogP contribution >= 0.6 is 11.3 Å². The third-order valence-corrected chi connectivity index (χ3v) is 10.1. The van der Waals surface area contributed by atoms with Gasteiger partial charge in [-0.05, 0) is 60.0 Å². The summed E-state index contributed by atoms with van der Waals surface area (Å²) in [5, 5.41) is 4.88. The van der Waals surface area contributed by atoms with Gasteiger partial charge in [-0.15, -0.1) is 11.3 Å². The number of sulfonamides is 1. The van der Waals surface area contributed by atoms with Gasteiger partial charge in [-0.2, -0.15) is 4.31 Å². The number of carbonyl (C=O) groups excluding carboxylic acids is 3. The second kappa shape index (κ2) is 11.0. The smallest absolute Gasteiger partial charge is 0.251 e. The van der Waals surface area contributed by atoms with Gasteiger partial charge in [0.15, 0.2) is 5.78 Å². The first-order valence-electron chi connectivity index (χ1n) is 13.0. The van der Waals surface area contributed by atoms with E-state index in [-0.39, 0.29) is 41.5 Å². The molecule has 2 fully saturated rings. The van der Waals surface area contributed by atoms with Crippen LogP contribution in [-0.4, -0.2) is 66.4 Å². The molecule has 5 rings (SSSR count). The Balaban J connectivity index is 1.33. The average Bonchev–Trinajstić information content (AvgIpc) is 3.67. The van der Waals surface area contributed by atoms with Crippen molar-refractivity contribution < 1.29 is 22.8 Å². The zero-order valence-corrected chi connectivity index (χ0v) is 23.5. The summed E-state index contributed by atoms with van der Waals surface area (Å²) in [6, 6.07) is 16.9. The zero-order chi connectivity index (χ0) is 27.7. The van der Waals surface area contributed by atoms with Crippen LogP contribution in [0.15, 0.2) is 77.0 Å². The van der Waals surface area contributed by atoms with Gasteiger partial charge in [-0.25, -0.2) is 8.42 Å². The quantitative estimate of drug-likeness (QED) is 0.448. The second-order valence-corrected chi connectivity index (χ2v) is 13.2. The Morgan fingerprint density at radius 1 is 1.03 bits per heavy atom. The first-order chi connectivity index (χ1) is 18.7. The molecule has 1 aromatic heterocycles. The zero-order valence-electron chi connectivity index (χ0n) is 21.8. The van der Waals surface area contributed by atoms with Crippen molar-refractivity contribution in [3.63, 3.8) is 0 Å². The minimum atomic E-state index is -3.88. The molecule has 2 saturated heterocycles. The van der Waals surface area contributed by atoms with Gasteiger partial charge in [-0.1, -0.05) is 50.2 Å². The summed E-state index contributed by atoms with van der Waals surface area (Å²) in [7, 11) is -3.88. The summed E-state index contributed by atoms with van der Waals surface area (Å²) in [4.78, 5) is 42.7. The van der Waals surface area contributed by atoms with Crippen LogP contribution in [0.3, 0.4) is 0 Å². The van der Waals surface area contributed by atoms with Gasteiger partial charge in [0, 0.05) is 17.0 Å². The fraction of sp³-hybridized carbons (Fsp3) is 0.345. The summed E-state index contributed by atoms with van der Waals surface area (Å²) >= 11 is 1.61. The van der Waals surface area contributed by atoms with Crippen LogP contribution in [0.25, 0.3) is 10.4 Å². The highest BCUT2D eigenvalue weighted by atomic mass is 32.2. The first-order valence-corrected chi connectivity index (χ1v) is 15.3. The van der Waals surface area contributed by atoms with E-state index in [0.717, 1.165) is 10.4 Å². The number of benzene rings is 2. The maximum absolute atomic E-state index is 13.8. The number of Topliss-reactive ketones (excluding diaryl/α,β-unsaturated/α-hetero) is 1. The molecule has 0 spiro atoms. The Labute approximate surface area is 232 Å². The molecule has 10 heteroatoms. The summed E-state index contributed by atoms with van der Waals surface area (Å²) in [6.07, 6.45) is 0.757. The van der Waals surface area contributed by atoms with Gasteiger partial charge in [0.25, 0.3) is 5.91 Å². The molecule has 0 radical (unpaired) electrons. The van der Waals surface area contributed by atoms with Crippen LogP contribution in [0.1, 0.15) is 37.0 Å². The SMILES string of the molecule is CC(C)C[C@H](NC(=O)c1ccc(-c2cccs2)cc1)C(=O)N1CC[C@@H]2[C@H]1C(=O)CN2S(=O)(=O)c1ccccc1. The Bertz CT molecular complexity index is 1450. The fourth-order valence-electron chi connectivity index (χ4n) is 5.43. The maximum atomic E-state index is 13.8. The van der Waals surface area contributed by atoms with Gasteiger partial charge >= 0.3 is 0 Å². The van der Waals surface area contributed by atoms with Crippen molar-refractivity contribution in [2.24, 2.45) is 5.92 Å². The molecule has 2 aliphatic heterocycles. The number of fused-ring (bicyclic) bond motifs is 1. The summed E-state index contributed by atoms with van der Waals surface area (Å²) in [5.41, 5.74) is 1.45. The summed E-state index contributed by atoms with van der Waals surface area (Å²) < 4.78 is 27.8. The molecule has 1 N–H and O–H groups in total. The van der Waals surface area contributed by atoms with Gasteiger partial charge in [-0.3, -0.25) is 14.4 Å². The molecule has 0 saturated carbocycles. The van der Waals surface area contributed by atoms with Crippen LogP contribution in [0.2, 0.25) is 0 Å². The van der Waals surface area contributed by atoms with E-state index in [9.17, 15) is 22.8 Å². The minimum Gasteiger partial charge on any atom is -0.340 e. The van der Waals surface area contributed by atoms with Crippen molar-refractivity contribution in [1.29, 1.82) is 0 Å². The lowest BCUT2D eigenvalue weighted by atomic mass is 10.0. The molecule has 0 unspecified atom stereocenters. The number of hydrogen-bond acceptors (Lipinski definition) is 6. The number of carbonyl (C=O) groups is 3. The molecular weight excluding hydrogens is 534 g/mol. The number of hydrogen-bond donors (Lipinski definition) is 1. The van der Waals surface area contributed by atoms with Crippen LogP contribution in [0.4, 0.5) is 0 Å². The number of nitrogens with zero attached hydrogens (tertiary/aromatic N) is 2. The monoisotopic (exact) mass is 565 g/mol. The molecule has 3 atom stereocenters. The van der Waals surface area contributed by atoms with E-state index < -0.39 is 28.1 Å². The van der Waals surface area contributed by atoms with Crippen molar-refractivity contribution >= 4 is 39.0 Å². The summed E-state index contributed by atoms with van der Waals surface area (Å²) in [6.45, 7) is 3.91. The topological polar surface area (TPSA) is 104 Å². The minimum absolute atomic E-state index is 0.105. The van der Waals surface area contributed by atoms with E-state index in [1.807, 2.05) is 43.5 Å². The van der Waals surface area contributed by atoms with E-state index in [4.69, 9.17) is 0 Å². The molecule has 39 heavy (non-hydrogen) atoms. The highest BCUT2D eigenvalue weighted by Crippen LogP contribution is 2.34. The molecule has 2 amide bonds. The van der Waals surface area contributed by atoms with Crippen LogP contribution in [0.5, 0.6) is 0 Å². The Morgan fingerprint density at radius 2 is 1.74 bits per heavy atom. The Hall–Kier alpha value is -3.34. The molecular formula is C29H31N3O5S2. The van der Waals surface area contributed by atoms with Crippen LogP contribution in [0, 0.1) is 5.92 Å². The third-order valence-electron chi connectivity index (χ3n) is 7.27. The summed E-state index contributed by atoms with van der Waals surface area (Å²) in [5.74, 6) is -0.919. The van der Waals surface area contributed by atoms with E-state index in [2.05, 4.69) is 5.32 Å². The maximum Gasteiger partial charge on any atom is 0.251 e. The number of likely N-dealkylation sites (tertiary alicyclic amines) is 1. The normalized spacial score (nSPS) is 20.3. The molecule has 0 bridgehead atoms. The highest BCUT2D eigenvalue weighted by molar-refractivity contribution is 7.89. The number of rotatable bonds is 8. The van der Waals surface area contributed by atoms with Gasteiger partial charge in [0.2, 0.25) is 15.9 Å². The molecule has 204 valence electrons. The molecule has 3 aromatic rings. The molecule has 3 heterocycles. The van der Waals surface area contributed by atoms with Gasteiger partial charge in [0.1, 0.15) is 12.1 Å². The van der Waals surface area contributed by atoms with Crippen molar-refractivity contribution in [3.05, 3.63) is 77.7 Å². The van der Waals surface area contributed by atoms with Crippen LogP contribution in [-0.2, 0) is 19.6 Å². The first kappa shape index (κ1) is 27.2. The van der Waals surface area contributed by atoms with Crippen molar-refractivity contribution in [1.82, 2.24) is 14.5 Å². The second-order valence-electron chi connectivity index (χ2n) is 10.4. The largest absolute Gasteiger partial charge is 0.340 e. The van der Waals surface area contributed by atoms with E-state index in [1.165, 1.54) is 21.3 Å². The molecule has 2 aliphatic rings. The lowest BCUT2D eigenvalue weighted by Gasteiger charge is -2.29. The lowest BCUT2D eigenvalue weighted by molar-refractivity contribution is -0.138. The standard InChI is InChI=1S/C29H31N3O5S2/c1-19(2)17-23(30-28(34)21-12-10-20(11-13-21)26-9-6-16-38-26)29(35)31-15-14-24-27(31)25(33)18-32(24)39(36,37)22-7-4-3-5-8-22/h3-13,16,19,23-24,27H,14-15,17-18H2,1-2H3,(H,30,34)/t23-,24+,27-/m0/s1. The average molecular weight is 566 g/mol.